The van der Waals surface area contributed by atoms with E-state index in [9.17, 15) is 0 Å². The summed E-state index contributed by atoms with van der Waals surface area (Å²) in [6.45, 7) is 6.48. The maximum atomic E-state index is 5.45. The van der Waals surface area contributed by atoms with Crippen LogP contribution in [0.2, 0.25) is 0 Å². The van der Waals surface area contributed by atoms with Crippen molar-refractivity contribution in [2.24, 2.45) is 0 Å². The van der Waals surface area contributed by atoms with Crippen molar-refractivity contribution in [3.05, 3.63) is 78.4 Å². The lowest BCUT2D eigenvalue weighted by molar-refractivity contribution is 0.722. The van der Waals surface area contributed by atoms with Crippen molar-refractivity contribution >= 4 is 23.0 Å². The Morgan fingerprint density at radius 1 is 0.962 bits per heavy atom. The summed E-state index contributed by atoms with van der Waals surface area (Å²) in [6, 6.07) is 16.9. The molecular formula is C21H24N4S. The zero-order chi connectivity index (χ0) is 18.5. The van der Waals surface area contributed by atoms with Crippen molar-refractivity contribution in [3.63, 3.8) is 0 Å². The van der Waals surface area contributed by atoms with Crippen molar-refractivity contribution in [3.8, 4) is 5.69 Å². The van der Waals surface area contributed by atoms with E-state index in [1.54, 1.807) is 12.5 Å². The number of hydrogen-bond donors (Lipinski definition) is 2. The summed E-state index contributed by atoms with van der Waals surface area (Å²) in [5, 5.41) is 7.21. The largest absolute Gasteiger partial charge is 0.356 e. The summed E-state index contributed by atoms with van der Waals surface area (Å²) >= 11 is 5.45. The van der Waals surface area contributed by atoms with E-state index in [-0.39, 0.29) is 6.04 Å². The lowest BCUT2D eigenvalue weighted by atomic mass is 10.0. The predicted molar refractivity (Wildman–Crippen MR) is 112 cm³/mol. The van der Waals surface area contributed by atoms with Crippen LogP contribution in [0.15, 0.2) is 67.3 Å². The molecule has 0 unspecified atom stereocenters. The Hall–Kier alpha value is -2.66. The van der Waals surface area contributed by atoms with Gasteiger partial charge in [0.15, 0.2) is 5.11 Å². The highest BCUT2D eigenvalue weighted by molar-refractivity contribution is 7.80. The van der Waals surface area contributed by atoms with Crippen LogP contribution in [0.5, 0.6) is 0 Å². The second kappa shape index (κ2) is 8.15. The highest BCUT2D eigenvalue weighted by Crippen LogP contribution is 2.18. The zero-order valence-corrected chi connectivity index (χ0v) is 16.1. The van der Waals surface area contributed by atoms with Gasteiger partial charge < -0.3 is 15.2 Å². The Morgan fingerprint density at radius 3 is 2.19 bits per heavy atom. The minimum absolute atomic E-state index is 0.113. The van der Waals surface area contributed by atoms with Crippen molar-refractivity contribution in [1.29, 1.82) is 0 Å². The van der Waals surface area contributed by atoms with Crippen LogP contribution in [0.25, 0.3) is 5.69 Å². The fraction of sp³-hybridized carbons (Fsp3) is 0.238. The molecule has 5 heteroatoms. The summed E-state index contributed by atoms with van der Waals surface area (Å²) in [6.07, 6.45) is 5.50. The number of nitrogens with one attached hydrogen (secondary N) is 2. The first kappa shape index (κ1) is 18.1. The van der Waals surface area contributed by atoms with E-state index in [1.807, 2.05) is 10.8 Å². The topological polar surface area (TPSA) is 41.9 Å². The molecule has 0 amide bonds. The molecular weight excluding hydrogens is 340 g/mol. The van der Waals surface area contributed by atoms with Crippen molar-refractivity contribution in [2.45, 2.75) is 32.7 Å². The zero-order valence-electron chi connectivity index (χ0n) is 15.3. The van der Waals surface area contributed by atoms with E-state index in [2.05, 4.69) is 84.9 Å². The van der Waals surface area contributed by atoms with Crippen LogP contribution in [-0.4, -0.2) is 14.7 Å². The Balaban J connectivity index is 1.58. The molecule has 2 N–H and O–H groups in total. The molecule has 0 spiro atoms. The summed E-state index contributed by atoms with van der Waals surface area (Å²) in [7, 11) is 0. The van der Waals surface area contributed by atoms with Gasteiger partial charge in [0.1, 0.15) is 0 Å². The lowest BCUT2D eigenvalue weighted by Crippen LogP contribution is -2.30. The molecule has 2 aromatic carbocycles. The quantitative estimate of drug-likeness (QED) is 0.622. The Bertz CT molecular complexity index is 837. The van der Waals surface area contributed by atoms with Crippen LogP contribution < -0.4 is 10.6 Å². The van der Waals surface area contributed by atoms with Gasteiger partial charge in [0, 0.05) is 23.8 Å². The summed E-state index contributed by atoms with van der Waals surface area (Å²) < 4.78 is 1.98. The third-order valence-electron chi connectivity index (χ3n) is 4.38. The number of rotatable bonds is 5. The highest BCUT2D eigenvalue weighted by Gasteiger charge is 2.08. The van der Waals surface area contributed by atoms with Gasteiger partial charge in [-0.3, -0.25) is 0 Å². The molecule has 0 radical (unpaired) electrons. The van der Waals surface area contributed by atoms with E-state index < -0.39 is 0 Å². The van der Waals surface area contributed by atoms with Gasteiger partial charge in [0.2, 0.25) is 0 Å². The van der Waals surface area contributed by atoms with Gasteiger partial charge in [-0.1, -0.05) is 38.1 Å². The normalized spacial score (nSPS) is 12.0. The Labute approximate surface area is 160 Å². The van der Waals surface area contributed by atoms with Crippen molar-refractivity contribution < 1.29 is 0 Å². The molecule has 0 saturated heterocycles. The molecule has 1 atom stereocenters. The first-order chi connectivity index (χ1) is 12.5. The minimum atomic E-state index is 0.113. The van der Waals surface area contributed by atoms with Crippen LogP contribution in [0, 0.1) is 0 Å². The molecule has 0 fully saturated rings. The molecule has 4 nitrogen and oxygen atoms in total. The average Bonchev–Trinajstić information content (AvgIpc) is 3.17. The number of benzene rings is 2. The Morgan fingerprint density at radius 2 is 1.62 bits per heavy atom. The molecule has 1 heterocycles. The van der Waals surface area contributed by atoms with Crippen LogP contribution in [0.4, 0.5) is 5.69 Å². The standard InChI is InChI=1S/C21H24N4S/c1-15(2)17-4-8-19(9-5-17)24-21(26)23-16(3)18-6-10-20(11-7-18)25-13-12-22-14-25/h4-16H,1-3H3,(H2,23,24,26)/t16-/m0/s1. The monoisotopic (exact) mass is 364 g/mol. The molecule has 0 saturated carbocycles. The van der Waals surface area contributed by atoms with E-state index in [0.717, 1.165) is 11.4 Å². The summed E-state index contributed by atoms with van der Waals surface area (Å²) in [4.78, 5) is 4.08. The van der Waals surface area contributed by atoms with Crippen LogP contribution in [0.3, 0.4) is 0 Å². The third-order valence-corrected chi connectivity index (χ3v) is 4.60. The molecule has 0 bridgehead atoms. The molecule has 0 aliphatic carbocycles. The van der Waals surface area contributed by atoms with Gasteiger partial charge in [-0.05, 0) is 60.5 Å². The molecule has 26 heavy (non-hydrogen) atoms. The van der Waals surface area contributed by atoms with Crippen LogP contribution >= 0.6 is 12.2 Å². The number of hydrogen-bond acceptors (Lipinski definition) is 2. The van der Waals surface area contributed by atoms with Gasteiger partial charge in [0.05, 0.1) is 12.4 Å². The fourth-order valence-electron chi connectivity index (χ4n) is 2.75. The summed E-state index contributed by atoms with van der Waals surface area (Å²) in [5.41, 5.74) is 4.58. The molecule has 3 rings (SSSR count). The maximum Gasteiger partial charge on any atom is 0.171 e. The van der Waals surface area contributed by atoms with Gasteiger partial charge in [-0.2, -0.15) is 0 Å². The molecule has 0 aliphatic heterocycles. The predicted octanol–water partition coefficient (Wildman–Crippen LogP) is 5.04. The van der Waals surface area contributed by atoms with Crippen molar-refractivity contribution in [2.75, 3.05) is 5.32 Å². The van der Waals surface area contributed by atoms with E-state index in [4.69, 9.17) is 12.2 Å². The van der Waals surface area contributed by atoms with Crippen LogP contribution in [0.1, 0.15) is 43.9 Å². The number of anilines is 1. The number of aromatic nitrogens is 2. The molecule has 0 aliphatic rings. The van der Waals surface area contributed by atoms with Crippen molar-refractivity contribution in [1.82, 2.24) is 14.9 Å². The number of thiocarbonyl (C=S) groups is 1. The second-order valence-electron chi connectivity index (χ2n) is 6.66. The van der Waals surface area contributed by atoms with Gasteiger partial charge in [0.25, 0.3) is 0 Å². The van der Waals surface area contributed by atoms with E-state index >= 15 is 0 Å². The Kier molecular flexibility index (Phi) is 5.68. The van der Waals surface area contributed by atoms with Gasteiger partial charge in [-0.25, -0.2) is 4.98 Å². The number of nitrogens with zero attached hydrogens (tertiary/aromatic N) is 2. The van der Waals surface area contributed by atoms with Gasteiger partial charge in [-0.15, -0.1) is 0 Å². The van der Waals surface area contributed by atoms with Gasteiger partial charge >= 0.3 is 0 Å². The van der Waals surface area contributed by atoms with E-state index in [1.165, 1.54) is 11.1 Å². The third kappa shape index (κ3) is 4.49. The molecule has 3 aromatic rings. The first-order valence-electron chi connectivity index (χ1n) is 8.78. The SMILES string of the molecule is CC(C)c1ccc(NC(=S)N[C@@H](C)c2ccc(-n3ccnc3)cc2)cc1. The highest BCUT2D eigenvalue weighted by atomic mass is 32.1. The average molecular weight is 365 g/mol. The fourth-order valence-corrected chi connectivity index (χ4v) is 3.04. The molecule has 1 aromatic heterocycles. The maximum absolute atomic E-state index is 5.45. The first-order valence-corrected chi connectivity index (χ1v) is 9.19. The number of imidazole rings is 1. The lowest BCUT2D eigenvalue weighted by Gasteiger charge is -2.18. The minimum Gasteiger partial charge on any atom is -0.356 e. The smallest absolute Gasteiger partial charge is 0.171 e. The van der Waals surface area contributed by atoms with E-state index in [0.29, 0.717) is 11.0 Å². The summed E-state index contributed by atoms with van der Waals surface area (Å²) in [5.74, 6) is 0.527. The van der Waals surface area contributed by atoms with Crippen LogP contribution in [-0.2, 0) is 0 Å². The second-order valence-corrected chi connectivity index (χ2v) is 7.07. The molecule has 134 valence electrons.